The van der Waals surface area contributed by atoms with Gasteiger partial charge in [0, 0.05) is 6.20 Å². The van der Waals surface area contributed by atoms with Crippen LogP contribution in [0.1, 0.15) is 21.6 Å². The highest BCUT2D eigenvalue weighted by Gasteiger charge is 2.37. The Morgan fingerprint density at radius 3 is 1.92 bits per heavy atom. The van der Waals surface area contributed by atoms with E-state index in [1.807, 2.05) is 0 Å². The Morgan fingerprint density at radius 2 is 1.42 bits per heavy atom. The molecule has 24 heavy (non-hydrogen) atoms. The van der Waals surface area contributed by atoms with Crippen molar-refractivity contribution >= 4 is 27.3 Å². The molecule has 0 amide bonds. The van der Waals surface area contributed by atoms with Gasteiger partial charge in [0.05, 0.1) is 10.4 Å². The van der Waals surface area contributed by atoms with Crippen molar-refractivity contribution in [1.82, 2.24) is 4.98 Å². The molecule has 3 rings (SSSR count). The van der Waals surface area contributed by atoms with Crippen molar-refractivity contribution in [3.63, 3.8) is 0 Å². The number of hydrogen-bond donors (Lipinski definition) is 1. The fourth-order valence-corrected chi connectivity index (χ4v) is 3.85. The summed E-state index contributed by atoms with van der Waals surface area (Å²) in [5.41, 5.74) is -1.43. The second-order valence-corrected chi connectivity index (χ2v) is 7.44. The fraction of sp³-hybridized carbons (Fsp3) is 0.118. The van der Waals surface area contributed by atoms with Gasteiger partial charge in [-0.25, -0.2) is 4.98 Å². The van der Waals surface area contributed by atoms with Crippen LogP contribution in [0.3, 0.4) is 0 Å². The fourth-order valence-electron chi connectivity index (χ4n) is 2.45. The van der Waals surface area contributed by atoms with E-state index in [1.54, 1.807) is 30.3 Å². The van der Waals surface area contributed by atoms with Gasteiger partial charge in [0.2, 0.25) is 0 Å². The lowest BCUT2D eigenvalue weighted by Crippen LogP contribution is -2.27. The summed E-state index contributed by atoms with van der Waals surface area (Å²) in [4.78, 5) is 4.60. The second-order valence-electron chi connectivity index (χ2n) is 5.13. The number of thiazole rings is 1. The summed E-state index contributed by atoms with van der Waals surface area (Å²) in [6, 6.07) is 13.3. The van der Waals surface area contributed by atoms with Gasteiger partial charge in [-0.2, -0.15) is 13.2 Å². The molecule has 0 aliphatic carbocycles. The molecule has 2 aromatic carbocycles. The van der Waals surface area contributed by atoms with Gasteiger partial charge in [0.15, 0.2) is 9.52 Å². The van der Waals surface area contributed by atoms with Gasteiger partial charge in [-0.05, 0) is 39.2 Å². The zero-order valence-corrected chi connectivity index (χ0v) is 14.5. The summed E-state index contributed by atoms with van der Waals surface area (Å²) < 4.78 is 38.9. The average Bonchev–Trinajstić information content (AvgIpc) is 3.01. The Balaban J connectivity index is 2.16. The van der Waals surface area contributed by atoms with Crippen LogP contribution in [0, 0.1) is 0 Å². The molecule has 0 bridgehead atoms. The summed E-state index contributed by atoms with van der Waals surface area (Å²) in [5.74, 6) is 0. The van der Waals surface area contributed by atoms with Crippen molar-refractivity contribution in [3.8, 4) is 0 Å². The van der Waals surface area contributed by atoms with Crippen molar-refractivity contribution in [2.45, 2.75) is 11.8 Å². The third-order valence-corrected chi connectivity index (χ3v) is 5.24. The highest BCUT2D eigenvalue weighted by molar-refractivity contribution is 9.11. The Kier molecular flexibility index (Phi) is 4.50. The van der Waals surface area contributed by atoms with Crippen LogP contribution >= 0.6 is 27.3 Å². The minimum Gasteiger partial charge on any atom is -0.375 e. The van der Waals surface area contributed by atoms with E-state index in [0.29, 0.717) is 19.9 Å². The van der Waals surface area contributed by atoms with Crippen molar-refractivity contribution in [2.75, 3.05) is 0 Å². The third-order valence-electron chi connectivity index (χ3n) is 3.66. The van der Waals surface area contributed by atoms with Crippen LogP contribution < -0.4 is 0 Å². The molecule has 0 saturated heterocycles. The van der Waals surface area contributed by atoms with E-state index in [9.17, 15) is 18.3 Å². The van der Waals surface area contributed by atoms with E-state index in [2.05, 4.69) is 20.9 Å². The van der Waals surface area contributed by atoms with Crippen LogP contribution in [0.5, 0.6) is 0 Å². The SMILES string of the molecule is OC(c1ccccc1)(c1ccc(C(F)(F)F)cc1)c1cnc(Br)s1. The minimum absolute atomic E-state index is 0.345. The molecule has 7 heteroatoms. The molecule has 1 aromatic heterocycles. The highest BCUT2D eigenvalue weighted by atomic mass is 79.9. The van der Waals surface area contributed by atoms with Gasteiger partial charge in [-0.1, -0.05) is 42.5 Å². The lowest BCUT2D eigenvalue weighted by Gasteiger charge is -2.28. The normalized spacial score (nSPS) is 14.4. The second kappa shape index (κ2) is 6.31. The van der Waals surface area contributed by atoms with Crippen LogP contribution in [0.2, 0.25) is 0 Å². The van der Waals surface area contributed by atoms with Gasteiger partial charge < -0.3 is 5.11 Å². The maximum absolute atomic E-state index is 12.8. The van der Waals surface area contributed by atoms with Crippen LogP contribution in [0.25, 0.3) is 0 Å². The molecule has 1 heterocycles. The first-order chi connectivity index (χ1) is 11.3. The van der Waals surface area contributed by atoms with Gasteiger partial charge in [0.25, 0.3) is 0 Å². The van der Waals surface area contributed by atoms with E-state index in [1.165, 1.54) is 29.7 Å². The molecule has 0 radical (unpaired) electrons. The topological polar surface area (TPSA) is 33.1 Å². The Hall–Kier alpha value is -1.70. The van der Waals surface area contributed by atoms with E-state index < -0.39 is 17.3 Å². The highest BCUT2D eigenvalue weighted by Crippen LogP contribution is 2.41. The number of benzene rings is 2. The van der Waals surface area contributed by atoms with E-state index in [4.69, 9.17) is 0 Å². The number of alkyl halides is 3. The van der Waals surface area contributed by atoms with Crippen LogP contribution in [0.4, 0.5) is 13.2 Å². The van der Waals surface area contributed by atoms with E-state index in [0.717, 1.165) is 12.1 Å². The first-order valence-corrected chi connectivity index (χ1v) is 8.50. The zero-order chi connectivity index (χ0) is 17.4. The summed E-state index contributed by atoms with van der Waals surface area (Å²) >= 11 is 4.48. The molecule has 1 N–H and O–H groups in total. The number of aromatic nitrogens is 1. The van der Waals surface area contributed by atoms with Crippen LogP contribution in [-0.4, -0.2) is 10.1 Å². The number of hydrogen-bond acceptors (Lipinski definition) is 3. The lowest BCUT2D eigenvalue weighted by molar-refractivity contribution is -0.137. The molecule has 2 nitrogen and oxygen atoms in total. The number of aliphatic hydroxyl groups is 1. The molecule has 0 aliphatic heterocycles. The molecule has 1 atom stereocenters. The molecular weight excluding hydrogens is 403 g/mol. The summed E-state index contributed by atoms with van der Waals surface area (Å²) in [6.07, 6.45) is -2.91. The molecule has 3 aromatic rings. The number of nitrogens with zero attached hydrogens (tertiary/aromatic N) is 1. The number of halogens is 4. The molecule has 0 saturated carbocycles. The molecule has 0 fully saturated rings. The summed E-state index contributed by atoms with van der Waals surface area (Å²) in [6.45, 7) is 0. The minimum atomic E-state index is -4.42. The first kappa shape index (κ1) is 17.1. The van der Waals surface area contributed by atoms with Crippen LogP contribution in [0.15, 0.2) is 64.7 Å². The molecule has 0 spiro atoms. The monoisotopic (exact) mass is 413 g/mol. The lowest BCUT2D eigenvalue weighted by atomic mass is 9.85. The Labute approximate surface area is 148 Å². The largest absolute Gasteiger partial charge is 0.416 e. The maximum Gasteiger partial charge on any atom is 0.416 e. The summed E-state index contributed by atoms with van der Waals surface area (Å²) in [7, 11) is 0. The van der Waals surface area contributed by atoms with Crippen molar-refractivity contribution in [3.05, 3.63) is 86.3 Å². The quantitative estimate of drug-likeness (QED) is 0.639. The summed E-state index contributed by atoms with van der Waals surface area (Å²) in [5, 5.41) is 11.4. The van der Waals surface area contributed by atoms with E-state index >= 15 is 0 Å². The predicted molar refractivity (Wildman–Crippen MR) is 89.8 cm³/mol. The average molecular weight is 414 g/mol. The Bertz CT molecular complexity index is 833. The van der Waals surface area contributed by atoms with E-state index in [-0.39, 0.29) is 0 Å². The predicted octanol–water partition coefficient (Wildman–Crippen LogP) is 5.21. The zero-order valence-electron chi connectivity index (χ0n) is 12.1. The van der Waals surface area contributed by atoms with Crippen LogP contribution in [-0.2, 0) is 11.8 Å². The smallest absolute Gasteiger partial charge is 0.375 e. The molecular formula is C17H11BrF3NOS. The standard InChI is InChI=1S/C17H11BrF3NOS/c18-15-22-10-14(24-15)16(23,11-4-2-1-3-5-11)12-6-8-13(9-7-12)17(19,20)21/h1-10,23H. The Morgan fingerprint density at radius 1 is 0.875 bits per heavy atom. The number of rotatable bonds is 3. The van der Waals surface area contributed by atoms with Gasteiger partial charge in [0.1, 0.15) is 0 Å². The first-order valence-electron chi connectivity index (χ1n) is 6.89. The third kappa shape index (κ3) is 3.11. The molecule has 0 aliphatic rings. The van der Waals surface area contributed by atoms with Crippen molar-refractivity contribution in [2.24, 2.45) is 0 Å². The van der Waals surface area contributed by atoms with Gasteiger partial charge in [-0.15, -0.1) is 11.3 Å². The van der Waals surface area contributed by atoms with Crippen molar-refractivity contribution in [1.29, 1.82) is 0 Å². The van der Waals surface area contributed by atoms with Crippen molar-refractivity contribution < 1.29 is 18.3 Å². The maximum atomic E-state index is 12.8. The van der Waals surface area contributed by atoms with Gasteiger partial charge in [-0.3, -0.25) is 0 Å². The van der Waals surface area contributed by atoms with Gasteiger partial charge >= 0.3 is 6.18 Å². The molecule has 124 valence electrons. The molecule has 1 unspecified atom stereocenters.